The van der Waals surface area contributed by atoms with Gasteiger partial charge in [0, 0.05) is 42.6 Å². The van der Waals surface area contributed by atoms with Gasteiger partial charge in [-0.2, -0.15) is 0 Å². The summed E-state index contributed by atoms with van der Waals surface area (Å²) in [4.78, 5) is 28.2. The predicted molar refractivity (Wildman–Crippen MR) is 95.3 cm³/mol. The van der Waals surface area contributed by atoms with Gasteiger partial charge in [0.25, 0.3) is 0 Å². The molecule has 2 aromatic carbocycles. The van der Waals surface area contributed by atoms with Crippen molar-refractivity contribution in [1.82, 2.24) is 4.90 Å². The van der Waals surface area contributed by atoms with Crippen LogP contribution in [0, 0.1) is 0 Å². The van der Waals surface area contributed by atoms with Crippen LogP contribution in [0.3, 0.4) is 0 Å². The van der Waals surface area contributed by atoms with E-state index in [0.717, 1.165) is 5.69 Å². The molecule has 0 saturated carbocycles. The molecule has 1 N–H and O–H groups in total. The fourth-order valence-corrected chi connectivity index (χ4v) is 2.89. The molecule has 3 rings (SSSR count). The number of carbonyl (C=O) groups is 2. The van der Waals surface area contributed by atoms with E-state index in [1.807, 2.05) is 30.3 Å². The van der Waals surface area contributed by atoms with Crippen LogP contribution in [-0.4, -0.2) is 42.9 Å². The number of piperazine rings is 1. The van der Waals surface area contributed by atoms with Crippen LogP contribution in [0.15, 0.2) is 54.6 Å². The van der Waals surface area contributed by atoms with Gasteiger partial charge in [-0.1, -0.05) is 35.9 Å². The quantitative estimate of drug-likeness (QED) is 0.853. The van der Waals surface area contributed by atoms with Gasteiger partial charge in [0.2, 0.25) is 0 Å². The highest BCUT2D eigenvalue weighted by Gasteiger charge is 2.26. The van der Waals surface area contributed by atoms with E-state index >= 15 is 0 Å². The summed E-state index contributed by atoms with van der Waals surface area (Å²) in [6.07, 6.45) is 0. The Hall–Kier alpha value is -2.53. The number of hydrogen-bond acceptors (Lipinski definition) is 3. The number of anilines is 2. The molecule has 0 spiro atoms. The molecule has 1 aliphatic rings. The maximum Gasteiger partial charge on any atom is 0.313 e. The van der Waals surface area contributed by atoms with Gasteiger partial charge in [0.15, 0.2) is 0 Å². The summed E-state index contributed by atoms with van der Waals surface area (Å²) >= 11 is 5.88. The molecule has 0 bridgehead atoms. The van der Waals surface area contributed by atoms with Gasteiger partial charge >= 0.3 is 11.8 Å². The maximum atomic E-state index is 12.3. The van der Waals surface area contributed by atoms with E-state index < -0.39 is 11.8 Å². The Morgan fingerprint density at radius 2 is 1.62 bits per heavy atom. The zero-order chi connectivity index (χ0) is 16.9. The van der Waals surface area contributed by atoms with Crippen molar-refractivity contribution < 1.29 is 9.59 Å². The third kappa shape index (κ3) is 3.86. The Kier molecular flexibility index (Phi) is 5.01. The Bertz CT molecular complexity index is 728. The van der Waals surface area contributed by atoms with E-state index in [1.54, 1.807) is 29.2 Å². The largest absolute Gasteiger partial charge is 0.368 e. The third-order valence-electron chi connectivity index (χ3n) is 3.96. The number of halogens is 1. The van der Waals surface area contributed by atoms with E-state index in [9.17, 15) is 9.59 Å². The summed E-state index contributed by atoms with van der Waals surface area (Å²) in [5.41, 5.74) is 1.65. The van der Waals surface area contributed by atoms with Crippen molar-refractivity contribution in [3.63, 3.8) is 0 Å². The zero-order valence-electron chi connectivity index (χ0n) is 13.1. The van der Waals surface area contributed by atoms with Crippen LogP contribution < -0.4 is 10.2 Å². The average Bonchev–Trinajstić information content (AvgIpc) is 2.62. The van der Waals surface area contributed by atoms with Crippen LogP contribution in [0.5, 0.6) is 0 Å². The highest BCUT2D eigenvalue weighted by Crippen LogP contribution is 2.17. The number of amides is 2. The van der Waals surface area contributed by atoms with Crippen LogP contribution in [0.2, 0.25) is 5.02 Å². The number of nitrogens with zero attached hydrogens (tertiary/aromatic N) is 2. The fourth-order valence-electron chi connectivity index (χ4n) is 2.70. The van der Waals surface area contributed by atoms with Gasteiger partial charge in [0.1, 0.15) is 0 Å². The van der Waals surface area contributed by atoms with Gasteiger partial charge in [-0.25, -0.2) is 0 Å². The van der Waals surface area contributed by atoms with Crippen LogP contribution in [-0.2, 0) is 9.59 Å². The lowest BCUT2D eigenvalue weighted by Crippen LogP contribution is -2.51. The molecule has 5 nitrogen and oxygen atoms in total. The van der Waals surface area contributed by atoms with Crippen molar-refractivity contribution in [2.24, 2.45) is 0 Å². The molecule has 2 amide bonds. The zero-order valence-corrected chi connectivity index (χ0v) is 13.9. The minimum Gasteiger partial charge on any atom is -0.368 e. The highest BCUT2D eigenvalue weighted by atomic mass is 35.5. The Labute approximate surface area is 145 Å². The molecule has 0 unspecified atom stereocenters. The Morgan fingerprint density at radius 1 is 0.917 bits per heavy atom. The first-order valence-electron chi connectivity index (χ1n) is 7.79. The second-order valence-electron chi connectivity index (χ2n) is 5.58. The van der Waals surface area contributed by atoms with E-state index in [4.69, 9.17) is 11.6 Å². The molecule has 1 saturated heterocycles. The first-order valence-corrected chi connectivity index (χ1v) is 8.17. The van der Waals surface area contributed by atoms with Crippen molar-refractivity contribution >= 4 is 34.8 Å². The molecule has 1 fully saturated rings. The van der Waals surface area contributed by atoms with E-state index in [1.165, 1.54) is 0 Å². The molecule has 1 heterocycles. The van der Waals surface area contributed by atoms with Crippen molar-refractivity contribution in [1.29, 1.82) is 0 Å². The second-order valence-corrected chi connectivity index (χ2v) is 6.02. The first-order chi connectivity index (χ1) is 11.6. The minimum atomic E-state index is -0.634. The van der Waals surface area contributed by atoms with E-state index in [0.29, 0.717) is 36.9 Å². The van der Waals surface area contributed by atoms with Crippen LogP contribution in [0.4, 0.5) is 11.4 Å². The van der Waals surface area contributed by atoms with E-state index in [2.05, 4.69) is 10.2 Å². The Morgan fingerprint density at radius 3 is 2.29 bits per heavy atom. The van der Waals surface area contributed by atoms with Crippen LogP contribution in [0.1, 0.15) is 0 Å². The number of carbonyl (C=O) groups excluding carboxylic acids is 2. The third-order valence-corrected chi connectivity index (χ3v) is 4.20. The second kappa shape index (κ2) is 7.36. The molecule has 0 radical (unpaired) electrons. The molecular weight excluding hydrogens is 326 g/mol. The van der Waals surface area contributed by atoms with Gasteiger partial charge in [-0.3, -0.25) is 9.59 Å². The van der Waals surface area contributed by atoms with Gasteiger partial charge in [-0.05, 0) is 30.3 Å². The molecule has 0 aliphatic carbocycles. The lowest BCUT2D eigenvalue weighted by molar-refractivity contribution is -0.143. The molecule has 0 atom stereocenters. The van der Waals surface area contributed by atoms with Gasteiger partial charge in [-0.15, -0.1) is 0 Å². The number of hydrogen-bond donors (Lipinski definition) is 1. The topological polar surface area (TPSA) is 52.7 Å². The van der Waals surface area contributed by atoms with Crippen molar-refractivity contribution in [3.05, 3.63) is 59.6 Å². The normalized spacial score (nSPS) is 14.4. The van der Waals surface area contributed by atoms with Gasteiger partial charge < -0.3 is 15.1 Å². The molecule has 0 aromatic heterocycles. The summed E-state index contributed by atoms with van der Waals surface area (Å²) < 4.78 is 0. The van der Waals surface area contributed by atoms with Crippen molar-refractivity contribution in [3.8, 4) is 0 Å². The van der Waals surface area contributed by atoms with Crippen molar-refractivity contribution in [2.75, 3.05) is 36.4 Å². The summed E-state index contributed by atoms with van der Waals surface area (Å²) in [6, 6.07) is 16.8. The average molecular weight is 344 g/mol. The van der Waals surface area contributed by atoms with Crippen LogP contribution in [0.25, 0.3) is 0 Å². The summed E-state index contributed by atoms with van der Waals surface area (Å²) in [5, 5.41) is 3.11. The predicted octanol–water partition coefficient (Wildman–Crippen LogP) is 2.63. The lowest BCUT2D eigenvalue weighted by Gasteiger charge is -2.35. The first kappa shape index (κ1) is 16.3. The molecule has 2 aromatic rings. The lowest BCUT2D eigenvalue weighted by atomic mass is 10.2. The van der Waals surface area contributed by atoms with E-state index in [-0.39, 0.29) is 0 Å². The number of nitrogens with one attached hydrogen (secondary N) is 1. The summed E-state index contributed by atoms with van der Waals surface area (Å²) in [6.45, 7) is 2.47. The smallest absolute Gasteiger partial charge is 0.313 e. The number of rotatable bonds is 2. The molecule has 124 valence electrons. The summed E-state index contributed by atoms with van der Waals surface area (Å²) in [5.74, 6) is -1.15. The SMILES string of the molecule is O=C(Nc1cccc(Cl)c1)C(=O)N1CCN(c2ccccc2)CC1. The molecule has 24 heavy (non-hydrogen) atoms. The highest BCUT2D eigenvalue weighted by molar-refractivity contribution is 6.39. The minimum absolute atomic E-state index is 0.511. The standard InChI is InChI=1S/C18H18ClN3O2/c19-14-5-4-6-15(13-14)20-17(23)18(24)22-11-9-21(10-12-22)16-7-2-1-3-8-16/h1-8,13H,9-12H2,(H,20,23). The molecular formula is C18H18ClN3O2. The summed E-state index contributed by atoms with van der Waals surface area (Å²) in [7, 11) is 0. The van der Waals surface area contributed by atoms with Crippen LogP contribution >= 0.6 is 11.6 Å². The fraction of sp³-hybridized carbons (Fsp3) is 0.222. The Balaban J connectivity index is 1.56. The molecule has 6 heteroatoms. The molecule has 1 aliphatic heterocycles. The van der Waals surface area contributed by atoms with Gasteiger partial charge in [0.05, 0.1) is 0 Å². The monoisotopic (exact) mass is 343 g/mol. The van der Waals surface area contributed by atoms with Crippen molar-refractivity contribution in [2.45, 2.75) is 0 Å². The number of benzene rings is 2. The maximum absolute atomic E-state index is 12.3. The number of para-hydroxylation sites is 1.